The van der Waals surface area contributed by atoms with E-state index in [2.05, 4.69) is 11.9 Å². The first-order valence-electron chi connectivity index (χ1n) is 6.75. The smallest absolute Gasteiger partial charge is 0.249 e. The van der Waals surface area contributed by atoms with Crippen LogP contribution in [0.15, 0.2) is 11.6 Å². The number of piperazine rings is 1. The van der Waals surface area contributed by atoms with E-state index in [9.17, 15) is 9.59 Å². The molecule has 1 fully saturated rings. The third-order valence-corrected chi connectivity index (χ3v) is 3.94. The molecule has 19 heavy (non-hydrogen) atoms. The van der Waals surface area contributed by atoms with Gasteiger partial charge in [0.15, 0.2) is 0 Å². The van der Waals surface area contributed by atoms with Gasteiger partial charge in [-0.15, -0.1) is 0 Å². The fourth-order valence-corrected chi connectivity index (χ4v) is 2.78. The molecule has 5 heteroatoms. The maximum absolute atomic E-state index is 12.7. The van der Waals surface area contributed by atoms with Crippen molar-refractivity contribution >= 4 is 23.4 Å². The molecule has 108 valence electrons. The molecule has 1 heterocycles. The van der Waals surface area contributed by atoms with E-state index < -0.39 is 11.6 Å². The maximum atomic E-state index is 12.7. The Morgan fingerprint density at radius 3 is 2.32 bits per heavy atom. The standard InChI is InChI=1S/C14H23ClN2O2/c1-6-14(7-2)13(19)17(8-10(5)15)11(9(3)4)12(18)16-14/h9,11H,5-8H2,1-4H3,(H,16,18). The molecule has 1 aliphatic rings. The van der Waals surface area contributed by atoms with Crippen LogP contribution in [0, 0.1) is 5.92 Å². The molecular formula is C14H23ClN2O2. The number of carbonyl (C=O) groups is 2. The van der Waals surface area contributed by atoms with Crippen molar-refractivity contribution in [2.75, 3.05) is 6.54 Å². The highest BCUT2D eigenvalue weighted by molar-refractivity contribution is 6.29. The molecule has 0 aromatic rings. The second kappa shape index (κ2) is 5.95. The zero-order chi connectivity index (χ0) is 14.8. The summed E-state index contributed by atoms with van der Waals surface area (Å²) in [4.78, 5) is 26.6. The lowest BCUT2D eigenvalue weighted by Crippen LogP contribution is -2.71. The van der Waals surface area contributed by atoms with Crippen LogP contribution in [0.25, 0.3) is 0 Å². The van der Waals surface area contributed by atoms with Gasteiger partial charge in [-0.25, -0.2) is 0 Å². The lowest BCUT2D eigenvalue weighted by atomic mass is 9.85. The van der Waals surface area contributed by atoms with Gasteiger partial charge in [-0.2, -0.15) is 0 Å². The predicted octanol–water partition coefficient (Wildman–Crippen LogP) is 2.28. The minimum absolute atomic E-state index is 0.0340. The number of nitrogens with zero attached hydrogens (tertiary/aromatic N) is 1. The second-order valence-corrected chi connectivity index (χ2v) is 5.95. The van der Waals surface area contributed by atoms with E-state index in [4.69, 9.17) is 11.6 Å². The molecule has 1 unspecified atom stereocenters. The lowest BCUT2D eigenvalue weighted by Gasteiger charge is -2.46. The van der Waals surface area contributed by atoms with Crippen molar-refractivity contribution in [3.63, 3.8) is 0 Å². The van der Waals surface area contributed by atoms with Gasteiger partial charge in [0.05, 0.1) is 6.54 Å². The summed E-state index contributed by atoms with van der Waals surface area (Å²) in [6.45, 7) is 11.5. The number of hydrogen-bond acceptors (Lipinski definition) is 2. The first-order chi connectivity index (χ1) is 8.79. The Kier molecular flexibility index (Phi) is 5.02. The van der Waals surface area contributed by atoms with Crippen LogP contribution in [0.5, 0.6) is 0 Å². The summed E-state index contributed by atoms with van der Waals surface area (Å²) in [5.74, 6) is -0.125. The Labute approximate surface area is 120 Å². The topological polar surface area (TPSA) is 49.4 Å². The summed E-state index contributed by atoms with van der Waals surface area (Å²) in [6, 6.07) is -0.478. The summed E-state index contributed by atoms with van der Waals surface area (Å²) < 4.78 is 0. The molecule has 0 aromatic heterocycles. The molecule has 2 amide bonds. The molecule has 0 saturated carbocycles. The Morgan fingerprint density at radius 1 is 1.42 bits per heavy atom. The Bertz CT molecular complexity index is 389. The minimum atomic E-state index is -0.797. The molecule has 1 saturated heterocycles. The zero-order valence-corrected chi connectivity index (χ0v) is 12.9. The van der Waals surface area contributed by atoms with Crippen molar-refractivity contribution < 1.29 is 9.59 Å². The van der Waals surface area contributed by atoms with Crippen LogP contribution in [0.1, 0.15) is 40.5 Å². The molecule has 1 aliphatic heterocycles. The van der Waals surface area contributed by atoms with Crippen LogP contribution < -0.4 is 5.32 Å². The van der Waals surface area contributed by atoms with Crippen molar-refractivity contribution in [1.29, 1.82) is 0 Å². The van der Waals surface area contributed by atoms with Gasteiger partial charge < -0.3 is 10.2 Å². The lowest BCUT2D eigenvalue weighted by molar-refractivity contribution is -0.156. The van der Waals surface area contributed by atoms with Crippen LogP contribution >= 0.6 is 11.6 Å². The number of rotatable bonds is 5. The number of halogens is 1. The van der Waals surface area contributed by atoms with E-state index >= 15 is 0 Å². The van der Waals surface area contributed by atoms with Crippen molar-refractivity contribution in [2.24, 2.45) is 5.92 Å². The van der Waals surface area contributed by atoms with Crippen molar-refractivity contribution in [3.05, 3.63) is 11.6 Å². The van der Waals surface area contributed by atoms with Crippen molar-refractivity contribution in [2.45, 2.75) is 52.1 Å². The van der Waals surface area contributed by atoms with Gasteiger partial charge in [0.2, 0.25) is 11.8 Å². The van der Waals surface area contributed by atoms with Crippen LogP contribution in [-0.2, 0) is 9.59 Å². The highest BCUT2D eigenvalue weighted by atomic mass is 35.5. The average molecular weight is 287 g/mol. The van der Waals surface area contributed by atoms with Gasteiger partial charge in [-0.3, -0.25) is 9.59 Å². The third kappa shape index (κ3) is 2.94. The molecular weight excluding hydrogens is 264 g/mol. The fourth-order valence-electron chi connectivity index (χ4n) is 2.65. The maximum Gasteiger partial charge on any atom is 0.249 e. The fraction of sp³-hybridized carbons (Fsp3) is 0.714. The molecule has 0 spiro atoms. The summed E-state index contributed by atoms with van der Waals surface area (Å²) in [5, 5.41) is 3.28. The van der Waals surface area contributed by atoms with Gasteiger partial charge >= 0.3 is 0 Å². The zero-order valence-electron chi connectivity index (χ0n) is 12.1. The Morgan fingerprint density at radius 2 is 1.95 bits per heavy atom. The highest BCUT2D eigenvalue weighted by Gasteiger charge is 2.49. The number of hydrogen-bond donors (Lipinski definition) is 1. The summed E-state index contributed by atoms with van der Waals surface area (Å²) in [7, 11) is 0. The average Bonchev–Trinajstić information content (AvgIpc) is 2.32. The summed E-state index contributed by atoms with van der Waals surface area (Å²) in [5.41, 5.74) is -0.797. The molecule has 1 N–H and O–H groups in total. The summed E-state index contributed by atoms with van der Waals surface area (Å²) in [6.07, 6.45) is 1.15. The van der Waals surface area contributed by atoms with Crippen molar-refractivity contribution in [1.82, 2.24) is 10.2 Å². The molecule has 0 aromatic carbocycles. The van der Waals surface area contributed by atoms with Crippen LogP contribution in [0.2, 0.25) is 0 Å². The summed E-state index contributed by atoms with van der Waals surface area (Å²) >= 11 is 5.85. The van der Waals surface area contributed by atoms with Gasteiger partial charge in [0.1, 0.15) is 11.6 Å². The van der Waals surface area contributed by atoms with Crippen LogP contribution in [-0.4, -0.2) is 34.8 Å². The minimum Gasteiger partial charge on any atom is -0.340 e. The molecule has 0 aliphatic carbocycles. The molecule has 0 bridgehead atoms. The van der Waals surface area contributed by atoms with Crippen LogP contribution in [0.3, 0.4) is 0 Å². The number of nitrogens with one attached hydrogen (secondary N) is 1. The molecule has 4 nitrogen and oxygen atoms in total. The van der Waals surface area contributed by atoms with E-state index in [0.717, 1.165) is 0 Å². The number of carbonyl (C=O) groups excluding carboxylic acids is 2. The van der Waals surface area contributed by atoms with Gasteiger partial charge in [0.25, 0.3) is 0 Å². The quantitative estimate of drug-likeness (QED) is 0.843. The Hall–Kier alpha value is -1.03. The van der Waals surface area contributed by atoms with E-state index in [-0.39, 0.29) is 24.3 Å². The predicted molar refractivity (Wildman–Crippen MR) is 76.8 cm³/mol. The van der Waals surface area contributed by atoms with Crippen molar-refractivity contribution in [3.8, 4) is 0 Å². The molecule has 1 rings (SSSR count). The van der Waals surface area contributed by atoms with Crippen LogP contribution in [0.4, 0.5) is 0 Å². The molecule has 0 radical (unpaired) electrons. The highest BCUT2D eigenvalue weighted by Crippen LogP contribution is 2.28. The van der Waals surface area contributed by atoms with E-state index in [1.54, 1.807) is 4.90 Å². The van der Waals surface area contributed by atoms with Gasteiger partial charge in [-0.05, 0) is 18.8 Å². The monoisotopic (exact) mass is 286 g/mol. The third-order valence-electron chi connectivity index (χ3n) is 3.82. The normalized spacial score (nSPS) is 22.6. The Balaban J connectivity index is 3.18. The first kappa shape index (κ1) is 16.0. The van der Waals surface area contributed by atoms with E-state index in [1.165, 1.54) is 0 Å². The van der Waals surface area contributed by atoms with E-state index in [1.807, 2.05) is 27.7 Å². The SMILES string of the molecule is C=C(Cl)CN1C(=O)C(CC)(CC)NC(=O)C1C(C)C. The van der Waals surface area contributed by atoms with Gasteiger partial charge in [-0.1, -0.05) is 45.9 Å². The van der Waals surface area contributed by atoms with E-state index in [0.29, 0.717) is 17.9 Å². The van der Waals surface area contributed by atoms with Gasteiger partial charge in [0, 0.05) is 5.03 Å². The largest absolute Gasteiger partial charge is 0.340 e. The first-order valence-corrected chi connectivity index (χ1v) is 7.13. The number of amides is 2. The second-order valence-electron chi connectivity index (χ2n) is 5.42. The molecule has 1 atom stereocenters.